The fourth-order valence-electron chi connectivity index (χ4n) is 1.45. The molecule has 1 N–H and O–H groups in total. The van der Waals surface area contributed by atoms with E-state index in [2.05, 4.69) is 26.2 Å². The van der Waals surface area contributed by atoms with Gasteiger partial charge in [0.1, 0.15) is 0 Å². The van der Waals surface area contributed by atoms with E-state index in [1.54, 1.807) is 0 Å². The van der Waals surface area contributed by atoms with Gasteiger partial charge in [0.05, 0.1) is 11.9 Å². The number of rotatable bonds is 3. The number of pyridine rings is 1. The van der Waals surface area contributed by atoms with E-state index in [9.17, 15) is 0 Å². The van der Waals surface area contributed by atoms with E-state index in [-0.39, 0.29) is 0 Å². The predicted octanol–water partition coefficient (Wildman–Crippen LogP) is 4.42. The zero-order valence-electron chi connectivity index (χ0n) is 9.37. The summed E-state index contributed by atoms with van der Waals surface area (Å²) in [5.41, 5.74) is 3.14. The maximum Gasteiger partial charge on any atom is 0.0529 e. The summed E-state index contributed by atoms with van der Waals surface area (Å²) in [6.45, 7) is 2.68. The summed E-state index contributed by atoms with van der Waals surface area (Å²) >= 11 is 9.46. The Balaban J connectivity index is 2.07. The molecule has 1 heterocycles. The Kier molecular flexibility index (Phi) is 4.02. The first-order valence-corrected chi connectivity index (χ1v) is 6.43. The van der Waals surface area contributed by atoms with Crippen molar-refractivity contribution in [2.45, 2.75) is 13.5 Å². The van der Waals surface area contributed by atoms with Gasteiger partial charge in [-0.2, -0.15) is 0 Å². The van der Waals surface area contributed by atoms with Gasteiger partial charge in [0.25, 0.3) is 0 Å². The minimum atomic E-state index is 0.714. The zero-order valence-corrected chi connectivity index (χ0v) is 11.7. The minimum Gasteiger partial charge on any atom is -0.380 e. The minimum absolute atomic E-state index is 0.714. The molecule has 0 aliphatic carbocycles. The Morgan fingerprint density at radius 1 is 1.29 bits per heavy atom. The van der Waals surface area contributed by atoms with E-state index >= 15 is 0 Å². The molecule has 2 aromatic rings. The molecular formula is C13H12BrClN2. The third kappa shape index (κ3) is 3.45. The van der Waals surface area contributed by atoms with Crippen LogP contribution in [0.1, 0.15) is 11.3 Å². The van der Waals surface area contributed by atoms with Gasteiger partial charge in [-0.05, 0) is 42.8 Å². The van der Waals surface area contributed by atoms with Crippen LogP contribution in [0, 0.1) is 6.92 Å². The summed E-state index contributed by atoms with van der Waals surface area (Å²) in [5.74, 6) is 0. The molecule has 4 heteroatoms. The number of hydrogen-bond donors (Lipinski definition) is 1. The van der Waals surface area contributed by atoms with Crippen LogP contribution in [-0.4, -0.2) is 4.98 Å². The largest absolute Gasteiger partial charge is 0.380 e. The van der Waals surface area contributed by atoms with Crippen molar-refractivity contribution in [1.29, 1.82) is 0 Å². The molecule has 1 aromatic carbocycles. The predicted molar refractivity (Wildman–Crippen MR) is 75.5 cm³/mol. The van der Waals surface area contributed by atoms with Gasteiger partial charge in [-0.15, -0.1) is 0 Å². The van der Waals surface area contributed by atoms with Gasteiger partial charge in [-0.25, -0.2) is 0 Å². The highest BCUT2D eigenvalue weighted by Crippen LogP contribution is 2.22. The van der Waals surface area contributed by atoms with Gasteiger partial charge in [0, 0.05) is 21.7 Å². The summed E-state index contributed by atoms with van der Waals surface area (Å²) in [4.78, 5) is 4.23. The molecule has 0 saturated heterocycles. The summed E-state index contributed by atoms with van der Waals surface area (Å²) < 4.78 is 1.05. The van der Waals surface area contributed by atoms with E-state index < -0.39 is 0 Å². The molecule has 0 spiro atoms. The molecule has 0 aliphatic heterocycles. The van der Waals surface area contributed by atoms with Crippen molar-refractivity contribution < 1.29 is 0 Å². The van der Waals surface area contributed by atoms with Gasteiger partial charge in [0.2, 0.25) is 0 Å². The maximum atomic E-state index is 5.96. The molecule has 2 nitrogen and oxygen atoms in total. The Morgan fingerprint density at radius 3 is 2.82 bits per heavy atom. The van der Waals surface area contributed by atoms with E-state index in [1.807, 2.05) is 43.5 Å². The lowest BCUT2D eigenvalue weighted by Gasteiger charge is -2.08. The first-order chi connectivity index (χ1) is 8.15. The molecule has 0 saturated carbocycles. The molecule has 0 fully saturated rings. The summed E-state index contributed by atoms with van der Waals surface area (Å²) in [6.07, 6.45) is 1.83. The van der Waals surface area contributed by atoms with Crippen LogP contribution in [0.3, 0.4) is 0 Å². The lowest BCUT2D eigenvalue weighted by molar-refractivity contribution is 1.11. The highest BCUT2D eigenvalue weighted by atomic mass is 79.9. The number of nitrogens with zero attached hydrogens (tertiary/aromatic N) is 1. The van der Waals surface area contributed by atoms with Crippen molar-refractivity contribution in [3.8, 4) is 0 Å². The first kappa shape index (κ1) is 12.4. The number of nitrogens with one attached hydrogen (secondary N) is 1. The molecule has 0 atom stereocenters. The Hall–Kier alpha value is -1.06. The van der Waals surface area contributed by atoms with Crippen LogP contribution in [0.2, 0.25) is 5.02 Å². The summed E-state index contributed by atoms with van der Waals surface area (Å²) in [6, 6.07) is 9.76. The molecule has 0 unspecified atom stereocenters. The van der Waals surface area contributed by atoms with Crippen molar-refractivity contribution in [3.05, 3.63) is 57.3 Å². The van der Waals surface area contributed by atoms with E-state index in [1.165, 1.54) is 0 Å². The second kappa shape index (κ2) is 5.52. The van der Waals surface area contributed by atoms with Crippen LogP contribution >= 0.6 is 27.5 Å². The zero-order chi connectivity index (χ0) is 12.3. The van der Waals surface area contributed by atoms with Crippen LogP contribution in [-0.2, 0) is 6.54 Å². The SMILES string of the molecule is Cc1ccc(NCc2cc(Cl)ccc2Br)cn1. The lowest BCUT2D eigenvalue weighted by atomic mass is 10.2. The van der Waals surface area contributed by atoms with Gasteiger partial charge in [-0.3, -0.25) is 4.98 Å². The van der Waals surface area contributed by atoms with Crippen LogP contribution in [0.25, 0.3) is 0 Å². The molecule has 17 heavy (non-hydrogen) atoms. The molecule has 2 rings (SSSR count). The standard InChI is InChI=1S/C13H12BrClN2/c1-9-2-4-12(8-16-9)17-7-10-6-11(15)3-5-13(10)14/h2-6,8,17H,7H2,1H3. The Labute approximate surface area is 114 Å². The number of aryl methyl sites for hydroxylation is 1. The molecule has 0 radical (unpaired) electrons. The summed E-state index contributed by atoms with van der Waals surface area (Å²) in [5, 5.41) is 4.05. The number of anilines is 1. The van der Waals surface area contributed by atoms with E-state index in [0.717, 1.165) is 26.4 Å². The highest BCUT2D eigenvalue weighted by Gasteiger charge is 2.01. The normalized spacial score (nSPS) is 10.3. The van der Waals surface area contributed by atoms with Crippen LogP contribution in [0.4, 0.5) is 5.69 Å². The van der Waals surface area contributed by atoms with Crippen molar-refractivity contribution in [1.82, 2.24) is 4.98 Å². The quantitative estimate of drug-likeness (QED) is 0.907. The third-order valence-corrected chi connectivity index (χ3v) is 3.41. The highest BCUT2D eigenvalue weighted by molar-refractivity contribution is 9.10. The molecular weight excluding hydrogens is 300 g/mol. The van der Waals surface area contributed by atoms with E-state index in [4.69, 9.17) is 11.6 Å². The van der Waals surface area contributed by atoms with Crippen molar-refractivity contribution in [2.75, 3.05) is 5.32 Å². The molecule has 0 bridgehead atoms. The fourth-order valence-corrected chi connectivity index (χ4v) is 2.03. The number of hydrogen-bond acceptors (Lipinski definition) is 2. The van der Waals surface area contributed by atoms with E-state index in [0.29, 0.717) is 6.54 Å². The average Bonchev–Trinajstić information content (AvgIpc) is 2.32. The third-order valence-electron chi connectivity index (χ3n) is 2.40. The van der Waals surface area contributed by atoms with Crippen LogP contribution in [0.15, 0.2) is 41.0 Å². The number of benzene rings is 1. The number of aromatic nitrogens is 1. The molecule has 88 valence electrons. The monoisotopic (exact) mass is 310 g/mol. The van der Waals surface area contributed by atoms with Crippen molar-refractivity contribution in [3.63, 3.8) is 0 Å². The van der Waals surface area contributed by atoms with Gasteiger partial charge >= 0.3 is 0 Å². The Morgan fingerprint density at radius 2 is 2.12 bits per heavy atom. The van der Waals surface area contributed by atoms with Gasteiger partial charge < -0.3 is 5.32 Å². The second-order valence-corrected chi connectivity index (χ2v) is 5.07. The summed E-state index contributed by atoms with van der Waals surface area (Å²) in [7, 11) is 0. The molecule has 1 aromatic heterocycles. The van der Waals surface area contributed by atoms with Crippen molar-refractivity contribution in [2.24, 2.45) is 0 Å². The Bertz CT molecular complexity index is 511. The lowest BCUT2D eigenvalue weighted by Crippen LogP contribution is -2.00. The topological polar surface area (TPSA) is 24.9 Å². The first-order valence-electron chi connectivity index (χ1n) is 5.25. The fraction of sp³-hybridized carbons (Fsp3) is 0.154. The van der Waals surface area contributed by atoms with Crippen LogP contribution < -0.4 is 5.32 Å². The molecule has 0 aliphatic rings. The number of halogens is 2. The maximum absolute atomic E-state index is 5.96. The second-order valence-electron chi connectivity index (χ2n) is 3.78. The molecule has 0 amide bonds. The smallest absolute Gasteiger partial charge is 0.0529 e. The van der Waals surface area contributed by atoms with Crippen molar-refractivity contribution >= 4 is 33.2 Å². The average molecular weight is 312 g/mol. The van der Waals surface area contributed by atoms with Crippen LogP contribution in [0.5, 0.6) is 0 Å². The van der Waals surface area contributed by atoms with Gasteiger partial charge in [-0.1, -0.05) is 27.5 Å². The van der Waals surface area contributed by atoms with Gasteiger partial charge in [0.15, 0.2) is 0 Å².